The lowest BCUT2D eigenvalue weighted by atomic mass is 9.54. The number of hydrogen-bond donors (Lipinski definition) is 1. The van der Waals surface area contributed by atoms with Crippen molar-refractivity contribution in [2.75, 3.05) is 13.2 Å². The summed E-state index contributed by atoms with van der Waals surface area (Å²) in [5.41, 5.74) is 0.102. The van der Waals surface area contributed by atoms with Crippen LogP contribution in [0.1, 0.15) is 33.1 Å². The number of ether oxygens (including phenoxy) is 1. The Labute approximate surface area is 78.8 Å². The number of nitrogens with one attached hydrogen (secondary N) is 1. The van der Waals surface area contributed by atoms with Gasteiger partial charge in [0.15, 0.2) is 0 Å². The normalized spacial score (nSPS) is 42.3. The molecule has 1 saturated heterocycles. The number of hydrogen-bond acceptors (Lipinski definition) is 3. The largest absolute Gasteiger partial charge is 0.466 e. The SMILES string of the molecule is CCOC(=O)C1(C)CC2(CCN2)C1. The number of carbonyl (C=O) groups is 1. The third kappa shape index (κ3) is 1.26. The number of rotatable bonds is 2. The van der Waals surface area contributed by atoms with E-state index in [0.29, 0.717) is 12.1 Å². The van der Waals surface area contributed by atoms with E-state index in [9.17, 15) is 4.79 Å². The molecule has 0 unspecified atom stereocenters. The number of esters is 1. The van der Waals surface area contributed by atoms with Crippen molar-refractivity contribution in [3.63, 3.8) is 0 Å². The van der Waals surface area contributed by atoms with E-state index < -0.39 is 0 Å². The number of carbonyl (C=O) groups excluding carboxylic acids is 1. The molecule has 3 nitrogen and oxygen atoms in total. The average molecular weight is 183 g/mol. The molecule has 2 fully saturated rings. The van der Waals surface area contributed by atoms with Gasteiger partial charge in [0.05, 0.1) is 12.0 Å². The van der Waals surface area contributed by atoms with Gasteiger partial charge in [-0.25, -0.2) is 0 Å². The minimum Gasteiger partial charge on any atom is -0.466 e. The Kier molecular flexibility index (Phi) is 1.88. The van der Waals surface area contributed by atoms with Gasteiger partial charge in [0.2, 0.25) is 0 Å². The maximum atomic E-state index is 11.5. The first kappa shape index (κ1) is 9.00. The van der Waals surface area contributed by atoms with Crippen LogP contribution < -0.4 is 5.32 Å². The van der Waals surface area contributed by atoms with Gasteiger partial charge in [-0.2, -0.15) is 0 Å². The van der Waals surface area contributed by atoms with Crippen molar-refractivity contribution in [3.05, 3.63) is 0 Å². The van der Waals surface area contributed by atoms with Crippen LogP contribution in [0.2, 0.25) is 0 Å². The first-order chi connectivity index (χ1) is 6.10. The molecule has 1 N–H and O–H groups in total. The zero-order valence-electron chi connectivity index (χ0n) is 8.35. The Morgan fingerprint density at radius 1 is 1.54 bits per heavy atom. The Hall–Kier alpha value is -0.570. The molecule has 3 heteroatoms. The summed E-state index contributed by atoms with van der Waals surface area (Å²) in [6.07, 6.45) is 3.14. The minimum atomic E-state index is -0.205. The summed E-state index contributed by atoms with van der Waals surface area (Å²) in [6.45, 7) is 5.47. The van der Waals surface area contributed by atoms with Crippen molar-refractivity contribution in [2.24, 2.45) is 5.41 Å². The van der Waals surface area contributed by atoms with Crippen LogP contribution in [-0.4, -0.2) is 24.7 Å². The van der Waals surface area contributed by atoms with Crippen molar-refractivity contribution in [2.45, 2.75) is 38.6 Å². The van der Waals surface area contributed by atoms with Crippen LogP contribution in [0.5, 0.6) is 0 Å². The van der Waals surface area contributed by atoms with Crippen LogP contribution in [0.4, 0.5) is 0 Å². The zero-order valence-corrected chi connectivity index (χ0v) is 8.35. The highest BCUT2D eigenvalue weighted by atomic mass is 16.5. The molecule has 1 aliphatic heterocycles. The molecule has 1 aliphatic carbocycles. The smallest absolute Gasteiger partial charge is 0.311 e. The molecule has 0 aromatic rings. The molecule has 2 rings (SSSR count). The Morgan fingerprint density at radius 2 is 2.15 bits per heavy atom. The van der Waals surface area contributed by atoms with E-state index in [4.69, 9.17) is 4.74 Å². The summed E-state index contributed by atoms with van der Waals surface area (Å²) in [5.74, 6) is -0.0191. The van der Waals surface area contributed by atoms with Crippen molar-refractivity contribution < 1.29 is 9.53 Å². The zero-order chi connectivity index (χ0) is 9.53. The molecule has 0 aromatic carbocycles. The third-order valence-electron chi connectivity index (χ3n) is 3.33. The molecule has 1 heterocycles. The lowest BCUT2D eigenvalue weighted by molar-refractivity contribution is -0.169. The van der Waals surface area contributed by atoms with Crippen LogP contribution in [0.15, 0.2) is 0 Å². The van der Waals surface area contributed by atoms with Crippen molar-refractivity contribution in [1.29, 1.82) is 0 Å². The topological polar surface area (TPSA) is 38.3 Å². The quantitative estimate of drug-likeness (QED) is 0.651. The molecular weight excluding hydrogens is 166 g/mol. The fourth-order valence-electron chi connectivity index (χ4n) is 2.67. The van der Waals surface area contributed by atoms with Crippen LogP contribution >= 0.6 is 0 Å². The second-order valence-electron chi connectivity index (χ2n) is 4.59. The fraction of sp³-hybridized carbons (Fsp3) is 0.900. The monoisotopic (exact) mass is 183 g/mol. The highest BCUT2D eigenvalue weighted by Crippen LogP contribution is 2.53. The first-order valence-electron chi connectivity index (χ1n) is 5.03. The van der Waals surface area contributed by atoms with E-state index in [-0.39, 0.29) is 11.4 Å². The summed E-state index contributed by atoms with van der Waals surface area (Å²) in [7, 11) is 0. The highest BCUT2D eigenvalue weighted by molar-refractivity contribution is 5.78. The second kappa shape index (κ2) is 2.71. The summed E-state index contributed by atoms with van der Waals surface area (Å²) in [5, 5.41) is 3.40. The van der Waals surface area contributed by atoms with Gasteiger partial charge >= 0.3 is 5.97 Å². The van der Waals surface area contributed by atoms with E-state index in [1.807, 2.05) is 13.8 Å². The van der Waals surface area contributed by atoms with E-state index in [1.54, 1.807) is 0 Å². The lowest BCUT2D eigenvalue weighted by Gasteiger charge is -2.58. The Balaban J connectivity index is 1.90. The van der Waals surface area contributed by atoms with Gasteiger partial charge in [0.25, 0.3) is 0 Å². The van der Waals surface area contributed by atoms with E-state index >= 15 is 0 Å². The fourth-order valence-corrected chi connectivity index (χ4v) is 2.67. The van der Waals surface area contributed by atoms with Gasteiger partial charge in [-0.05, 0) is 39.7 Å². The van der Waals surface area contributed by atoms with Gasteiger partial charge in [-0.1, -0.05) is 0 Å². The summed E-state index contributed by atoms with van der Waals surface area (Å²) in [6, 6.07) is 0. The molecule has 1 saturated carbocycles. The van der Waals surface area contributed by atoms with Gasteiger partial charge in [0.1, 0.15) is 0 Å². The lowest BCUT2D eigenvalue weighted by Crippen LogP contribution is -2.69. The Bertz CT molecular complexity index is 225. The molecule has 74 valence electrons. The molecule has 13 heavy (non-hydrogen) atoms. The van der Waals surface area contributed by atoms with Gasteiger partial charge < -0.3 is 10.1 Å². The highest BCUT2D eigenvalue weighted by Gasteiger charge is 2.58. The van der Waals surface area contributed by atoms with Gasteiger partial charge in [0, 0.05) is 5.54 Å². The van der Waals surface area contributed by atoms with Crippen molar-refractivity contribution in [1.82, 2.24) is 5.32 Å². The third-order valence-corrected chi connectivity index (χ3v) is 3.33. The maximum Gasteiger partial charge on any atom is 0.311 e. The first-order valence-corrected chi connectivity index (χ1v) is 5.03. The van der Waals surface area contributed by atoms with E-state index in [2.05, 4.69) is 5.32 Å². The maximum absolute atomic E-state index is 11.5. The van der Waals surface area contributed by atoms with Crippen molar-refractivity contribution in [3.8, 4) is 0 Å². The van der Waals surface area contributed by atoms with Crippen molar-refractivity contribution >= 4 is 5.97 Å². The van der Waals surface area contributed by atoms with Crippen LogP contribution in [-0.2, 0) is 9.53 Å². The van der Waals surface area contributed by atoms with Gasteiger partial charge in [-0.3, -0.25) is 4.79 Å². The molecule has 0 bridgehead atoms. The van der Waals surface area contributed by atoms with E-state index in [1.165, 1.54) is 6.42 Å². The molecular formula is C10H17NO2. The predicted molar refractivity (Wildman–Crippen MR) is 49.3 cm³/mol. The standard InChI is InChI=1S/C10H17NO2/c1-3-13-8(12)9(2)6-10(7-9)4-5-11-10/h11H,3-7H2,1-2H3. The average Bonchev–Trinajstić information content (AvgIpc) is 1.95. The van der Waals surface area contributed by atoms with Crippen LogP contribution in [0.25, 0.3) is 0 Å². The minimum absolute atomic E-state index is 0.0191. The Morgan fingerprint density at radius 3 is 2.54 bits per heavy atom. The summed E-state index contributed by atoms with van der Waals surface area (Å²) in [4.78, 5) is 11.5. The van der Waals surface area contributed by atoms with Crippen LogP contribution in [0, 0.1) is 5.41 Å². The molecule has 0 aromatic heterocycles. The van der Waals surface area contributed by atoms with Gasteiger partial charge in [-0.15, -0.1) is 0 Å². The molecule has 0 atom stereocenters. The molecule has 0 amide bonds. The predicted octanol–water partition coefficient (Wildman–Crippen LogP) is 1.08. The summed E-state index contributed by atoms with van der Waals surface area (Å²) >= 11 is 0. The van der Waals surface area contributed by atoms with E-state index in [0.717, 1.165) is 19.4 Å². The van der Waals surface area contributed by atoms with Crippen LogP contribution in [0.3, 0.4) is 0 Å². The molecule has 2 aliphatic rings. The second-order valence-corrected chi connectivity index (χ2v) is 4.59. The molecule has 0 radical (unpaired) electrons. The summed E-state index contributed by atoms with van der Waals surface area (Å²) < 4.78 is 5.04. The molecule has 1 spiro atoms.